The van der Waals surface area contributed by atoms with E-state index in [1.807, 2.05) is 67.0 Å². The monoisotopic (exact) mass is 320 g/mol. The number of benzene rings is 1. The number of ether oxygens (including phenoxy) is 2. The molecule has 4 nitrogen and oxygen atoms in total. The molecule has 0 aliphatic carbocycles. The van der Waals surface area contributed by atoms with Gasteiger partial charge >= 0.3 is 0 Å². The van der Waals surface area contributed by atoms with Crippen LogP contribution in [0.15, 0.2) is 67.0 Å². The highest BCUT2D eigenvalue weighted by Crippen LogP contribution is 2.23. The maximum Gasteiger partial charge on any atom is 0.213 e. The average molecular weight is 320 g/mol. The Labute approximate surface area is 142 Å². The van der Waals surface area contributed by atoms with Crippen LogP contribution in [-0.2, 0) is 6.42 Å². The van der Waals surface area contributed by atoms with Gasteiger partial charge in [-0.3, -0.25) is 4.98 Å². The van der Waals surface area contributed by atoms with Crippen LogP contribution in [0, 0.1) is 0 Å². The first-order valence-corrected chi connectivity index (χ1v) is 7.98. The highest BCUT2D eigenvalue weighted by Gasteiger charge is 2.01. The van der Waals surface area contributed by atoms with E-state index in [1.165, 1.54) is 0 Å². The summed E-state index contributed by atoms with van der Waals surface area (Å²) in [6, 6.07) is 17.8. The van der Waals surface area contributed by atoms with Crippen molar-refractivity contribution in [1.82, 2.24) is 9.97 Å². The molecule has 122 valence electrons. The van der Waals surface area contributed by atoms with Gasteiger partial charge in [0.1, 0.15) is 5.75 Å². The van der Waals surface area contributed by atoms with Gasteiger partial charge in [0.05, 0.1) is 13.7 Å². The van der Waals surface area contributed by atoms with Crippen LogP contribution in [0.2, 0.25) is 0 Å². The van der Waals surface area contributed by atoms with Crippen molar-refractivity contribution in [3.05, 3.63) is 72.7 Å². The molecular formula is C20H20N2O2. The molecule has 3 rings (SSSR count). The minimum absolute atomic E-state index is 0.630. The van der Waals surface area contributed by atoms with Gasteiger partial charge in [0.25, 0.3) is 0 Å². The maximum absolute atomic E-state index is 5.70. The van der Waals surface area contributed by atoms with Crippen LogP contribution in [0.25, 0.3) is 11.1 Å². The first-order chi connectivity index (χ1) is 11.8. The molecule has 0 saturated heterocycles. The molecule has 0 saturated carbocycles. The van der Waals surface area contributed by atoms with Crippen LogP contribution < -0.4 is 9.47 Å². The van der Waals surface area contributed by atoms with Crippen molar-refractivity contribution in [2.45, 2.75) is 12.8 Å². The van der Waals surface area contributed by atoms with Gasteiger partial charge in [0, 0.05) is 29.7 Å². The average Bonchev–Trinajstić information content (AvgIpc) is 2.67. The first-order valence-electron chi connectivity index (χ1n) is 7.98. The molecule has 1 aromatic carbocycles. The summed E-state index contributed by atoms with van der Waals surface area (Å²) in [5.41, 5.74) is 3.24. The molecule has 3 aromatic rings. The van der Waals surface area contributed by atoms with Gasteiger partial charge in [-0.1, -0.05) is 18.2 Å². The second kappa shape index (κ2) is 8.11. The van der Waals surface area contributed by atoms with Crippen molar-refractivity contribution in [2.24, 2.45) is 0 Å². The van der Waals surface area contributed by atoms with E-state index in [4.69, 9.17) is 9.47 Å². The second-order valence-corrected chi connectivity index (χ2v) is 5.39. The lowest BCUT2D eigenvalue weighted by atomic mass is 10.1. The zero-order chi connectivity index (χ0) is 16.6. The van der Waals surface area contributed by atoms with Gasteiger partial charge in [-0.05, 0) is 48.7 Å². The Hall–Kier alpha value is -2.88. The first kappa shape index (κ1) is 16.0. The van der Waals surface area contributed by atoms with Gasteiger partial charge in [-0.25, -0.2) is 4.98 Å². The van der Waals surface area contributed by atoms with E-state index < -0.39 is 0 Å². The minimum Gasteiger partial charge on any atom is -0.497 e. The Balaban J connectivity index is 1.50. The summed E-state index contributed by atoms with van der Waals surface area (Å²) in [7, 11) is 1.66. The Kier molecular flexibility index (Phi) is 5.40. The van der Waals surface area contributed by atoms with E-state index in [2.05, 4.69) is 9.97 Å². The zero-order valence-corrected chi connectivity index (χ0v) is 13.7. The van der Waals surface area contributed by atoms with E-state index in [9.17, 15) is 0 Å². The molecule has 0 aliphatic rings. The molecule has 0 radical (unpaired) electrons. The largest absolute Gasteiger partial charge is 0.497 e. The normalized spacial score (nSPS) is 10.4. The Morgan fingerprint density at radius 1 is 0.875 bits per heavy atom. The highest BCUT2D eigenvalue weighted by molar-refractivity contribution is 5.63. The quantitative estimate of drug-likeness (QED) is 0.613. The summed E-state index contributed by atoms with van der Waals surface area (Å²) >= 11 is 0. The molecule has 0 spiro atoms. The fourth-order valence-electron chi connectivity index (χ4n) is 2.40. The number of methoxy groups -OCH3 is 1. The fourth-order valence-corrected chi connectivity index (χ4v) is 2.40. The van der Waals surface area contributed by atoms with Gasteiger partial charge in [0.15, 0.2) is 0 Å². The molecule has 2 heterocycles. The van der Waals surface area contributed by atoms with Crippen molar-refractivity contribution in [3.63, 3.8) is 0 Å². The SMILES string of the molecule is COc1ccc(-c2ccc(OCCCc3ccccn3)nc2)cc1. The van der Waals surface area contributed by atoms with E-state index in [-0.39, 0.29) is 0 Å². The van der Waals surface area contributed by atoms with Crippen molar-refractivity contribution in [2.75, 3.05) is 13.7 Å². The zero-order valence-electron chi connectivity index (χ0n) is 13.7. The van der Waals surface area contributed by atoms with Gasteiger partial charge in [-0.2, -0.15) is 0 Å². The Bertz CT molecular complexity index is 741. The number of hydrogen-bond acceptors (Lipinski definition) is 4. The third-order valence-corrected chi connectivity index (χ3v) is 3.71. The summed E-state index contributed by atoms with van der Waals surface area (Å²) in [5.74, 6) is 1.49. The highest BCUT2D eigenvalue weighted by atomic mass is 16.5. The van der Waals surface area contributed by atoms with E-state index in [1.54, 1.807) is 7.11 Å². The van der Waals surface area contributed by atoms with Crippen LogP contribution in [-0.4, -0.2) is 23.7 Å². The predicted molar refractivity (Wildman–Crippen MR) is 94.3 cm³/mol. The minimum atomic E-state index is 0.630. The van der Waals surface area contributed by atoms with Crippen LogP contribution >= 0.6 is 0 Å². The summed E-state index contributed by atoms with van der Waals surface area (Å²) in [6.07, 6.45) is 5.47. The number of hydrogen-bond donors (Lipinski definition) is 0. The number of nitrogens with zero attached hydrogens (tertiary/aromatic N) is 2. The molecule has 0 bridgehead atoms. The van der Waals surface area contributed by atoms with Crippen LogP contribution in [0.3, 0.4) is 0 Å². The predicted octanol–water partition coefficient (Wildman–Crippen LogP) is 4.16. The molecule has 0 amide bonds. The smallest absolute Gasteiger partial charge is 0.213 e. The van der Waals surface area contributed by atoms with Crippen LogP contribution in [0.1, 0.15) is 12.1 Å². The molecule has 24 heavy (non-hydrogen) atoms. The Morgan fingerprint density at radius 3 is 2.38 bits per heavy atom. The standard InChI is InChI=1S/C20H20N2O2/c1-23-19-10-7-16(8-11-19)17-9-12-20(22-15-17)24-14-4-6-18-5-2-3-13-21-18/h2-3,5,7-13,15H,4,6,14H2,1H3. The van der Waals surface area contributed by atoms with E-state index >= 15 is 0 Å². The number of aromatic nitrogens is 2. The summed E-state index contributed by atoms with van der Waals surface area (Å²) in [5, 5.41) is 0. The van der Waals surface area contributed by atoms with Gasteiger partial charge in [-0.15, -0.1) is 0 Å². The van der Waals surface area contributed by atoms with Crippen LogP contribution in [0.4, 0.5) is 0 Å². The lowest BCUT2D eigenvalue weighted by Crippen LogP contribution is -2.01. The van der Waals surface area contributed by atoms with Crippen molar-refractivity contribution in [1.29, 1.82) is 0 Å². The van der Waals surface area contributed by atoms with Crippen molar-refractivity contribution >= 4 is 0 Å². The molecule has 0 fully saturated rings. The third-order valence-electron chi connectivity index (χ3n) is 3.71. The second-order valence-electron chi connectivity index (χ2n) is 5.39. The number of rotatable bonds is 7. The molecule has 2 aromatic heterocycles. The lowest BCUT2D eigenvalue weighted by Gasteiger charge is -2.07. The van der Waals surface area contributed by atoms with Gasteiger partial charge < -0.3 is 9.47 Å². The lowest BCUT2D eigenvalue weighted by molar-refractivity contribution is 0.299. The number of aryl methyl sites for hydroxylation is 1. The summed E-state index contributed by atoms with van der Waals surface area (Å²) < 4.78 is 10.9. The fraction of sp³-hybridized carbons (Fsp3) is 0.200. The maximum atomic E-state index is 5.70. The molecule has 0 N–H and O–H groups in total. The topological polar surface area (TPSA) is 44.2 Å². The Morgan fingerprint density at radius 2 is 1.71 bits per heavy atom. The van der Waals surface area contributed by atoms with Crippen molar-refractivity contribution < 1.29 is 9.47 Å². The van der Waals surface area contributed by atoms with E-state index in [0.717, 1.165) is 35.4 Å². The molecule has 0 aliphatic heterocycles. The molecule has 0 atom stereocenters. The molecular weight excluding hydrogens is 300 g/mol. The van der Waals surface area contributed by atoms with E-state index in [0.29, 0.717) is 12.5 Å². The third kappa shape index (κ3) is 4.32. The summed E-state index contributed by atoms with van der Waals surface area (Å²) in [4.78, 5) is 8.67. The number of pyridine rings is 2. The molecule has 0 unspecified atom stereocenters. The summed E-state index contributed by atoms with van der Waals surface area (Å²) in [6.45, 7) is 0.630. The van der Waals surface area contributed by atoms with Gasteiger partial charge in [0.2, 0.25) is 5.88 Å². The van der Waals surface area contributed by atoms with Crippen LogP contribution in [0.5, 0.6) is 11.6 Å². The van der Waals surface area contributed by atoms with Crippen molar-refractivity contribution in [3.8, 4) is 22.8 Å². The molecule has 4 heteroatoms.